The van der Waals surface area contributed by atoms with Crippen molar-refractivity contribution in [1.82, 2.24) is 5.32 Å². The van der Waals surface area contributed by atoms with Crippen LogP contribution in [0.5, 0.6) is 0 Å². The Bertz CT molecular complexity index is 346. The highest BCUT2D eigenvalue weighted by Crippen LogP contribution is 2.15. The molecule has 1 aromatic carbocycles. The first-order valence-electron chi connectivity index (χ1n) is 5.74. The lowest BCUT2D eigenvalue weighted by Crippen LogP contribution is -2.31. The van der Waals surface area contributed by atoms with E-state index in [0.717, 1.165) is 23.9 Å². The third-order valence-electron chi connectivity index (χ3n) is 2.46. The molecular weight excluding hydrogens is 262 g/mol. The summed E-state index contributed by atoms with van der Waals surface area (Å²) in [5.41, 5.74) is 2.60. The van der Waals surface area contributed by atoms with Gasteiger partial charge in [-0.25, -0.2) is 0 Å². The number of halogens is 1. The number of nitrogens with one attached hydrogen (secondary N) is 1. The highest BCUT2D eigenvalue weighted by Gasteiger charge is 2.08. The van der Waals surface area contributed by atoms with Crippen LogP contribution >= 0.6 is 15.9 Å². The summed E-state index contributed by atoms with van der Waals surface area (Å²) in [5, 5.41) is 3.51. The molecule has 0 heterocycles. The van der Waals surface area contributed by atoms with Crippen molar-refractivity contribution in [3.63, 3.8) is 0 Å². The van der Waals surface area contributed by atoms with Crippen LogP contribution in [0, 0.1) is 0 Å². The summed E-state index contributed by atoms with van der Waals surface area (Å²) in [6.07, 6.45) is 2.10. The van der Waals surface area contributed by atoms with E-state index in [9.17, 15) is 0 Å². The molecule has 0 aliphatic rings. The summed E-state index contributed by atoms with van der Waals surface area (Å²) in [7, 11) is 0. The zero-order valence-corrected chi connectivity index (χ0v) is 11.7. The van der Waals surface area contributed by atoms with Crippen molar-refractivity contribution in [2.24, 2.45) is 0 Å². The van der Waals surface area contributed by atoms with Crippen LogP contribution in [0.15, 0.2) is 40.9 Å². The monoisotopic (exact) mass is 281 g/mol. The van der Waals surface area contributed by atoms with Gasteiger partial charge in [-0.3, -0.25) is 0 Å². The van der Waals surface area contributed by atoms with Gasteiger partial charge in [-0.2, -0.15) is 0 Å². The molecule has 1 unspecified atom stereocenters. The largest absolute Gasteiger partial charge is 0.314 e. The van der Waals surface area contributed by atoms with Crippen LogP contribution in [0.25, 0.3) is 0 Å². The van der Waals surface area contributed by atoms with Crippen molar-refractivity contribution >= 4 is 15.9 Å². The Morgan fingerprint density at radius 2 is 2.25 bits per heavy atom. The second-order valence-electron chi connectivity index (χ2n) is 4.25. The average Bonchev–Trinajstić information content (AvgIpc) is 2.16. The SMILES string of the molecule is C=C(C)CC(Cc1cccc(Br)c1)NCC. The molecule has 0 amide bonds. The second-order valence-corrected chi connectivity index (χ2v) is 5.17. The molecule has 88 valence electrons. The first kappa shape index (κ1) is 13.5. The van der Waals surface area contributed by atoms with Gasteiger partial charge in [0.05, 0.1) is 0 Å². The zero-order chi connectivity index (χ0) is 12.0. The Balaban J connectivity index is 2.63. The standard InChI is InChI=1S/C14H20BrN/c1-4-16-14(8-11(2)3)10-12-6-5-7-13(15)9-12/h5-7,9,14,16H,2,4,8,10H2,1,3H3. The fraction of sp³-hybridized carbons (Fsp3) is 0.429. The lowest BCUT2D eigenvalue weighted by atomic mass is 10.0. The van der Waals surface area contributed by atoms with Crippen molar-refractivity contribution in [3.8, 4) is 0 Å². The van der Waals surface area contributed by atoms with Crippen LogP contribution in [0.2, 0.25) is 0 Å². The van der Waals surface area contributed by atoms with Crippen molar-refractivity contribution in [2.75, 3.05) is 6.54 Å². The maximum absolute atomic E-state index is 3.99. The zero-order valence-electron chi connectivity index (χ0n) is 10.1. The lowest BCUT2D eigenvalue weighted by molar-refractivity contribution is 0.520. The van der Waals surface area contributed by atoms with E-state index in [1.165, 1.54) is 11.1 Å². The van der Waals surface area contributed by atoms with Gasteiger partial charge in [0.15, 0.2) is 0 Å². The van der Waals surface area contributed by atoms with Crippen LogP contribution in [-0.4, -0.2) is 12.6 Å². The van der Waals surface area contributed by atoms with Crippen molar-refractivity contribution in [3.05, 3.63) is 46.5 Å². The third kappa shape index (κ3) is 4.95. The smallest absolute Gasteiger partial charge is 0.0178 e. The number of likely N-dealkylation sites (N-methyl/N-ethyl adjacent to an activating group) is 1. The summed E-state index contributed by atoms with van der Waals surface area (Å²) in [5.74, 6) is 0. The Morgan fingerprint density at radius 3 is 2.81 bits per heavy atom. The van der Waals surface area contributed by atoms with Crippen LogP contribution in [0.4, 0.5) is 0 Å². The van der Waals surface area contributed by atoms with Crippen molar-refractivity contribution in [1.29, 1.82) is 0 Å². The van der Waals surface area contributed by atoms with Gasteiger partial charge in [-0.05, 0) is 44.0 Å². The summed E-state index contributed by atoms with van der Waals surface area (Å²) in [6.45, 7) is 9.23. The van der Waals surface area contributed by atoms with E-state index in [0.29, 0.717) is 6.04 Å². The quantitative estimate of drug-likeness (QED) is 0.779. The highest BCUT2D eigenvalue weighted by molar-refractivity contribution is 9.10. The third-order valence-corrected chi connectivity index (χ3v) is 2.95. The van der Waals surface area contributed by atoms with Crippen LogP contribution in [-0.2, 0) is 6.42 Å². The molecule has 16 heavy (non-hydrogen) atoms. The molecule has 0 fully saturated rings. The molecule has 1 aromatic rings. The summed E-state index contributed by atoms with van der Waals surface area (Å²) in [6, 6.07) is 9.00. The van der Waals surface area contributed by atoms with E-state index in [1.54, 1.807) is 0 Å². The molecular formula is C14H20BrN. The van der Waals surface area contributed by atoms with E-state index < -0.39 is 0 Å². The number of hydrogen-bond acceptors (Lipinski definition) is 1. The highest BCUT2D eigenvalue weighted by atomic mass is 79.9. The fourth-order valence-corrected chi connectivity index (χ4v) is 2.32. The van der Waals surface area contributed by atoms with Crippen LogP contribution in [0.1, 0.15) is 25.8 Å². The molecule has 0 saturated heterocycles. The van der Waals surface area contributed by atoms with Gasteiger partial charge in [0.25, 0.3) is 0 Å². The summed E-state index contributed by atoms with van der Waals surface area (Å²) < 4.78 is 1.15. The van der Waals surface area contributed by atoms with E-state index >= 15 is 0 Å². The molecule has 1 atom stereocenters. The molecule has 0 aliphatic carbocycles. The second kappa shape index (κ2) is 6.87. The molecule has 0 saturated carbocycles. The summed E-state index contributed by atoms with van der Waals surface area (Å²) >= 11 is 3.50. The van der Waals surface area contributed by atoms with E-state index in [4.69, 9.17) is 0 Å². The normalized spacial score (nSPS) is 12.4. The minimum Gasteiger partial charge on any atom is -0.314 e. The van der Waals surface area contributed by atoms with Gasteiger partial charge < -0.3 is 5.32 Å². The van der Waals surface area contributed by atoms with Crippen molar-refractivity contribution < 1.29 is 0 Å². The van der Waals surface area contributed by atoms with Gasteiger partial charge in [0.2, 0.25) is 0 Å². The molecule has 1 nitrogen and oxygen atoms in total. The Labute approximate surface area is 107 Å². The average molecular weight is 282 g/mol. The number of rotatable bonds is 6. The van der Waals surface area contributed by atoms with Crippen LogP contribution < -0.4 is 5.32 Å². The minimum atomic E-state index is 0.497. The summed E-state index contributed by atoms with van der Waals surface area (Å²) in [4.78, 5) is 0. The molecule has 0 radical (unpaired) electrons. The van der Waals surface area contributed by atoms with Gasteiger partial charge >= 0.3 is 0 Å². The topological polar surface area (TPSA) is 12.0 Å². The fourth-order valence-electron chi connectivity index (χ4n) is 1.87. The molecule has 1 rings (SSSR count). The number of hydrogen-bond donors (Lipinski definition) is 1. The van der Waals surface area contributed by atoms with Gasteiger partial charge in [0, 0.05) is 10.5 Å². The lowest BCUT2D eigenvalue weighted by Gasteiger charge is -2.18. The maximum atomic E-state index is 3.99. The van der Waals surface area contributed by atoms with Gasteiger partial charge in [-0.1, -0.05) is 40.6 Å². The molecule has 0 aliphatic heterocycles. The number of benzene rings is 1. The van der Waals surface area contributed by atoms with Gasteiger partial charge in [-0.15, -0.1) is 6.58 Å². The van der Waals surface area contributed by atoms with E-state index in [-0.39, 0.29) is 0 Å². The molecule has 0 bridgehead atoms. The minimum absolute atomic E-state index is 0.497. The Kier molecular flexibility index (Phi) is 5.78. The molecule has 0 aromatic heterocycles. The first-order chi connectivity index (χ1) is 7.61. The Morgan fingerprint density at radius 1 is 1.50 bits per heavy atom. The van der Waals surface area contributed by atoms with Crippen molar-refractivity contribution in [2.45, 2.75) is 32.7 Å². The van der Waals surface area contributed by atoms with Crippen LogP contribution in [0.3, 0.4) is 0 Å². The predicted molar refractivity (Wildman–Crippen MR) is 74.7 cm³/mol. The first-order valence-corrected chi connectivity index (χ1v) is 6.53. The van der Waals surface area contributed by atoms with E-state index in [1.807, 2.05) is 0 Å². The van der Waals surface area contributed by atoms with E-state index in [2.05, 4.69) is 65.9 Å². The Hall–Kier alpha value is -0.600. The molecule has 1 N–H and O–H groups in total. The van der Waals surface area contributed by atoms with Gasteiger partial charge in [0.1, 0.15) is 0 Å². The molecule has 2 heteroatoms. The maximum Gasteiger partial charge on any atom is 0.0178 e. The molecule has 0 spiro atoms. The predicted octanol–water partition coefficient (Wildman–Crippen LogP) is 3.94.